The Morgan fingerprint density at radius 1 is 0.875 bits per heavy atom. The van der Waals surface area contributed by atoms with E-state index in [0.29, 0.717) is 17.5 Å². The van der Waals surface area contributed by atoms with Gasteiger partial charge in [0.2, 0.25) is 5.91 Å². The SMILES string of the molecule is O=C(CSc1ncccn1)N(Cc1ccccc1)c1ccccc1. The first-order chi connectivity index (χ1) is 11.8. The number of aromatic nitrogens is 2. The molecule has 0 fully saturated rings. The quantitative estimate of drug-likeness (QED) is 0.508. The molecule has 0 saturated heterocycles. The zero-order valence-electron chi connectivity index (χ0n) is 13.1. The van der Waals surface area contributed by atoms with Crippen molar-refractivity contribution >= 4 is 23.4 Å². The van der Waals surface area contributed by atoms with Crippen molar-refractivity contribution in [3.8, 4) is 0 Å². The molecule has 1 aromatic heterocycles. The Labute approximate surface area is 145 Å². The number of carbonyl (C=O) groups is 1. The van der Waals surface area contributed by atoms with Gasteiger partial charge in [0.25, 0.3) is 0 Å². The third-order valence-corrected chi connectivity index (χ3v) is 4.28. The van der Waals surface area contributed by atoms with Crippen LogP contribution in [0.15, 0.2) is 84.3 Å². The van der Waals surface area contributed by atoms with Gasteiger partial charge in [0.15, 0.2) is 5.16 Å². The summed E-state index contributed by atoms with van der Waals surface area (Å²) >= 11 is 1.35. The number of anilines is 1. The molecule has 24 heavy (non-hydrogen) atoms. The molecule has 0 bridgehead atoms. The van der Waals surface area contributed by atoms with E-state index in [1.807, 2.05) is 60.7 Å². The average molecular weight is 335 g/mol. The van der Waals surface area contributed by atoms with Crippen LogP contribution in [0.5, 0.6) is 0 Å². The second-order valence-corrected chi connectivity index (χ2v) is 6.06. The van der Waals surface area contributed by atoms with Gasteiger partial charge in [-0.25, -0.2) is 9.97 Å². The fourth-order valence-electron chi connectivity index (χ4n) is 2.26. The Hall–Kier alpha value is -2.66. The van der Waals surface area contributed by atoms with Crippen LogP contribution in [0, 0.1) is 0 Å². The molecule has 2 aromatic carbocycles. The van der Waals surface area contributed by atoms with Crippen LogP contribution in [0.1, 0.15) is 5.56 Å². The first-order valence-corrected chi connectivity index (χ1v) is 8.60. The second-order valence-electron chi connectivity index (χ2n) is 5.12. The molecule has 0 aliphatic rings. The lowest BCUT2D eigenvalue weighted by Crippen LogP contribution is -2.31. The van der Waals surface area contributed by atoms with Gasteiger partial charge in [-0.1, -0.05) is 60.3 Å². The third-order valence-electron chi connectivity index (χ3n) is 3.42. The molecule has 1 heterocycles. The molecule has 0 saturated carbocycles. The number of hydrogen-bond donors (Lipinski definition) is 0. The molecule has 0 spiro atoms. The van der Waals surface area contributed by atoms with E-state index >= 15 is 0 Å². The monoisotopic (exact) mass is 335 g/mol. The lowest BCUT2D eigenvalue weighted by atomic mass is 10.2. The minimum atomic E-state index is 0.0301. The highest BCUT2D eigenvalue weighted by Crippen LogP contribution is 2.20. The van der Waals surface area contributed by atoms with E-state index in [2.05, 4.69) is 9.97 Å². The second kappa shape index (κ2) is 8.26. The summed E-state index contributed by atoms with van der Waals surface area (Å²) in [5.41, 5.74) is 1.98. The fourth-order valence-corrected chi connectivity index (χ4v) is 2.94. The van der Waals surface area contributed by atoms with Crippen LogP contribution in [-0.4, -0.2) is 21.6 Å². The number of para-hydroxylation sites is 1. The molecule has 0 atom stereocenters. The molecule has 3 aromatic rings. The third kappa shape index (κ3) is 4.43. The predicted octanol–water partition coefficient (Wildman–Crippen LogP) is 3.80. The smallest absolute Gasteiger partial charge is 0.237 e. The summed E-state index contributed by atoms with van der Waals surface area (Å²) in [6.07, 6.45) is 3.36. The van der Waals surface area contributed by atoms with E-state index in [4.69, 9.17) is 0 Å². The lowest BCUT2D eigenvalue weighted by molar-refractivity contribution is -0.116. The molecule has 120 valence electrons. The fraction of sp³-hybridized carbons (Fsp3) is 0.105. The van der Waals surface area contributed by atoms with Crippen LogP contribution >= 0.6 is 11.8 Å². The summed E-state index contributed by atoms with van der Waals surface area (Å²) in [6.45, 7) is 0.542. The van der Waals surface area contributed by atoms with E-state index in [1.165, 1.54) is 11.8 Å². The van der Waals surface area contributed by atoms with Crippen LogP contribution in [0.25, 0.3) is 0 Å². The number of amides is 1. The summed E-state index contributed by atoms with van der Waals surface area (Å²) in [4.78, 5) is 22.9. The lowest BCUT2D eigenvalue weighted by Gasteiger charge is -2.23. The summed E-state index contributed by atoms with van der Waals surface area (Å²) < 4.78 is 0. The van der Waals surface area contributed by atoms with E-state index in [1.54, 1.807) is 23.4 Å². The van der Waals surface area contributed by atoms with Crippen molar-refractivity contribution in [3.05, 3.63) is 84.7 Å². The minimum Gasteiger partial charge on any atom is -0.307 e. The molecule has 3 rings (SSSR count). The van der Waals surface area contributed by atoms with Gasteiger partial charge in [0.05, 0.1) is 12.3 Å². The van der Waals surface area contributed by atoms with E-state index in [9.17, 15) is 4.79 Å². The zero-order valence-corrected chi connectivity index (χ0v) is 13.9. The summed E-state index contributed by atoms with van der Waals surface area (Å²) in [5.74, 6) is 0.327. The molecular formula is C19H17N3OS. The highest BCUT2D eigenvalue weighted by molar-refractivity contribution is 7.99. The number of thioether (sulfide) groups is 1. The normalized spacial score (nSPS) is 10.3. The van der Waals surface area contributed by atoms with Gasteiger partial charge in [0, 0.05) is 18.1 Å². The Morgan fingerprint density at radius 2 is 1.50 bits per heavy atom. The van der Waals surface area contributed by atoms with Crippen molar-refractivity contribution < 1.29 is 4.79 Å². The molecule has 0 radical (unpaired) electrons. The van der Waals surface area contributed by atoms with Crippen molar-refractivity contribution in [1.29, 1.82) is 0 Å². The van der Waals surface area contributed by atoms with Gasteiger partial charge in [-0.2, -0.15) is 0 Å². The number of nitrogens with zero attached hydrogens (tertiary/aromatic N) is 3. The topological polar surface area (TPSA) is 46.1 Å². The van der Waals surface area contributed by atoms with Gasteiger partial charge in [-0.05, 0) is 23.8 Å². The van der Waals surface area contributed by atoms with Crippen molar-refractivity contribution in [3.63, 3.8) is 0 Å². The van der Waals surface area contributed by atoms with Crippen molar-refractivity contribution in [1.82, 2.24) is 9.97 Å². The number of benzene rings is 2. The van der Waals surface area contributed by atoms with Crippen LogP contribution in [0.2, 0.25) is 0 Å². The van der Waals surface area contributed by atoms with Gasteiger partial charge in [-0.15, -0.1) is 0 Å². The largest absolute Gasteiger partial charge is 0.307 e. The maximum absolute atomic E-state index is 12.8. The first-order valence-electron chi connectivity index (χ1n) is 7.62. The van der Waals surface area contributed by atoms with Crippen molar-refractivity contribution in [2.45, 2.75) is 11.7 Å². The molecule has 5 heteroatoms. The van der Waals surface area contributed by atoms with Crippen LogP contribution in [-0.2, 0) is 11.3 Å². The number of rotatable bonds is 6. The highest BCUT2D eigenvalue weighted by Gasteiger charge is 2.16. The molecule has 0 N–H and O–H groups in total. The van der Waals surface area contributed by atoms with Crippen LogP contribution in [0.4, 0.5) is 5.69 Å². The van der Waals surface area contributed by atoms with Crippen molar-refractivity contribution in [2.75, 3.05) is 10.7 Å². The van der Waals surface area contributed by atoms with E-state index in [-0.39, 0.29) is 5.91 Å². The predicted molar refractivity (Wildman–Crippen MR) is 96.8 cm³/mol. The molecular weight excluding hydrogens is 318 g/mol. The Balaban J connectivity index is 1.75. The van der Waals surface area contributed by atoms with E-state index < -0.39 is 0 Å². The van der Waals surface area contributed by atoms with Crippen molar-refractivity contribution in [2.24, 2.45) is 0 Å². The van der Waals surface area contributed by atoms with Gasteiger partial charge in [-0.3, -0.25) is 4.79 Å². The standard InChI is InChI=1S/C19H17N3OS/c23-18(15-24-19-20-12-7-13-21-19)22(17-10-5-2-6-11-17)14-16-8-3-1-4-9-16/h1-13H,14-15H2. The highest BCUT2D eigenvalue weighted by atomic mass is 32.2. The molecule has 0 aliphatic carbocycles. The maximum atomic E-state index is 12.8. The minimum absolute atomic E-state index is 0.0301. The van der Waals surface area contributed by atoms with E-state index in [0.717, 1.165) is 11.3 Å². The molecule has 4 nitrogen and oxygen atoms in total. The van der Waals surface area contributed by atoms with Crippen LogP contribution in [0.3, 0.4) is 0 Å². The first kappa shape index (κ1) is 16.2. The maximum Gasteiger partial charge on any atom is 0.237 e. The summed E-state index contributed by atoms with van der Waals surface area (Å²) in [5, 5.41) is 0.610. The Bertz CT molecular complexity index is 766. The average Bonchev–Trinajstić information content (AvgIpc) is 2.66. The molecule has 0 unspecified atom stereocenters. The molecule has 1 amide bonds. The van der Waals surface area contributed by atoms with Gasteiger partial charge >= 0.3 is 0 Å². The summed E-state index contributed by atoms with van der Waals surface area (Å²) in [6, 6.07) is 21.5. The van der Waals surface area contributed by atoms with Crippen LogP contribution < -0.4 is 4.90 Å². The zero-order chi connectivity index (χ0) is 16.6. The van der Waals surface area contributed by atoms with Gasteiger partial charge < -0.3 is 4.90 Å². The Morgan fingerprint density at radius 3 is 2.17 bits per heavy atom. The number of hydrogen-bond acceptors (Lipinski definition) is 4. The molecule has 0 aliphatic heterocycles. The number of carbonyl (C=O) groups excluding carboxylic acids is 1. The van der Waals surface area contributed by atoms with Gasteiger partial charge in [0.1, 0.15) is 0 Å². The Kier molecular flexibility index (Phi) is 5.58. The summed E-state index contributed by atoms with van der Waals surface area (Å²) in [7, 11) is 0.